The van der Waals surface area contributed by atoms with E-state index in [0.717, 1.165) is 42.4 Å². The van der Waals surface area contributed by atoms with Crippen LogP contribution in [0.5, 0.6) is 0 Å². The Kier molecular flexibility index (Phi) is 4.93. The van der Waals surface area contributed by atoms with Crippen LogP contribution in [0.3, 0.4) is 0 Å². The number of carbonyl (C=O) groups excluding carboxylic acids is 1. The van der Waals surface area contributed by atoms with Gasteiger partial charge < -0.3 is 5.32 Å². The van der Waals surface area contributed by atoms with Crippen LogP contribution >= 0.6 is 0 Å². The van der Waals surface area contributed by atoms with Gasteiger partial charge in [-0.1, -0.05) is 48.0 Å². The van der Waals surface area contributed by atoms with E-state index in [1.807, 2.05) is 41.2 Å². The predicted octanol–water partition coefficient (Wildman–Crippen LogP) is 2.92. The number of amides is 1. The Hall–Kier alpha value is -2.73. The molecule has 0 unspecified atom stereocenters. The van der Waals surface area contributed by atoms with Crippen molar-refractivity contribution in [1.82, 2.24) is 19.9 Å². The molecule has 134 valence electrons. The first-order valence-electron chi connectivity index (χ1n) is 9.15. The minimum atomic E-state index is 0.0341. The number of aromatic nitrogens is 3. The number of likely N-dealkylation sites (tertiary alicyclic amines) is 1. The first-order valence-corrected chi connectivity index (χ1v) is 9.15. The van der Waals surface area contributed by atoms with Crippen molar-refractivity contribution in [3.05, 3.63) is 54.9 Å². The molecule has 2 heterocycles. The molecule has 1 aliphatic rings. The lowest BCUT2D eigenvalue weighted by Crippen LogP contribution is -2.46. The molecule has 6 nitrogen and oxygen atoms in total. The average Bonchev–Trinajstić information content (AvgIpc) is 3.17. The summed E-state index contributed by atoms with van der Waals surface area (Å²) in [6, 6.07) is 14.4. The molecule has 2 aromatic carbocycles. The molecule has 1 amide bonds. The molecule has 6 heteroatoms. The third-order valence-corrected chi connectivity index (χ3v) is 5.03. The summed E-state index contributed by atoms with van der Waals surface area (Å²) in [7, 11) is 0. The van der Waals surface area contributed by atoms with Gasteiger partial charge in [0, 0.05) is 23.3 Å². The van der Waals surface area contributed by atoms with Crippen molar-refractivity contribution >= 4 is 22.4 Å². The Morgan fingerprint density at radius 3 is 2.92 bits per heavy atom. The molecule has 0 spiro atoms. The monoisotopic (exact) mass is 349 g/mol. The number of carbonyl (C=O) groups is 1. The molecule has 1 aliphatic heterocycles. The van der Waals surface area contributed by atoms with Gasteiger partial charge in [-0.2, -0.15) is 0 Å². The summed E-state index contributed by atoms with van der Waals surface area (Å²) in [6.07, 6.45) is 6.99. The zero-order valence-electron chi connectivity index (χ0n) is 14.7. The van der Waals surface area contributed by atoms with Crippen LogP contribution < -0.4 is 5.32 Å². The molecule has 0 saturated carbocycles. The molecule has 1 N–H and O–H groups in total. The van der Waals surface area contributed by atoms with Crippen LogP contribution in [-0.2, 0) is 11.3 Å². The third kappa shape index (κ3) is 3.75. The summed E-state index contributed by atoms with van der Waals surface area (Å²) in [4.78, 5) is 15.0. The van der Waals surface area contributed by atoms with Gasteiger partial charge in [-0.15, -0.1) is 5.10 Å². The van der Waals surface area contributed by atoms with E-state index >= 15 is 0 Å². The second-order valence-electron chi connectivity index (χ2n) is 6.82. The van der Waals surface area contributed by atoms with Crippen LogP contribution in [-0.4, -0.2) is 44.9 Å². The van der Waals surface area contributed by atoms with E-state index in [2.05, 4.69) is 32.7 Å². The van der Waals surface area contributed by atoms with Gasteiger partial charge >= 0.3 is 0 Å². The number of fused-ring (bicyclic) bond motifs is 1. The second kappa shape index (κ2) is 7.66. The number of rotatable bonds is 5. The van der Waals surface area contributed by atoms with Crippen molar-refractivity contribution in [2.45, 2.75) is 31.8 Å². The van der Waals surface area contributed by atoms with Gasteiger partial charge in [0.2, 0.25) is 5.91 Å². The lowest BCUT2D eigenvalue weighted by atomic mass is 10.0. The predicted molar refractivity (Wildman–Crippen MR) is 102 cm³/mol. The van der Waals surface area contributed by atoms with Gasteiger partial charge in [-0.25, -0.2) is 0 Å². The van der Waals surface area contributed by atoms with Crippen molar-refractivity contribution in [3.8, 4) is 0 Å². The summed E-state index contributed by atoms with van der Waals surface area (Å²) >= 11 is 0. The van der Waals surface area contributed by atoms with Gasteiger partial charge in [0.1, 0.15) is 0 Å². The zero-order valence-corrected chi connectivity index (χ0v) is 14.7. The van der Waals surface area contributed by atoms with Gasteiger partial charge in [-0.05, 0) is 30.8 Å². The molecule has 4 rings (SSSR count). The molecule has 1 aromatic heterocycles. The minimum Gasteiger partial charge on any atom is -0.324 e. The molecule has 0 bridgehead atoms. The highest BCUT2D eigenvalue weighted by molar-refractivity contribution is 6.02. The smallest absolute Gasteiger partial charge is 0.238 e. The van der Waals surface area contributed by atoms with Crippen LogP contribution in [0.4, 0.5) is 5.69 Å². The molecule has 0 radical (unpaired) electrons. The fourth-order valence-electron chi connectivity index (χ4n) is 3.73. The number of hydrogen-bond donors (Lipinski definition) is 1. The number of hydrogen-bond acceptors (Lipinski definition) is 4. The van der Waals surface area contributed by atoms with Crippen LogP contribution in [0.1, 0.15) is 19.3 Å². The first kappa shape index (κ1) is 16.7. The maximum atomic E-state index is 12.7. The SMILES string of the molecule is O=C(CN1CCCC[C@H]1Cn1ccnn1)Nc1cccc2ccccc12. The van der Waals surface area contributed by atoms with Crippen molar-refractivity contribution < 1.29 is 4.79 Å². The largest absolute Gasteiger partial charge is 0.324 e. The molecule has 1 fully saturated rings. The number of nitrogens with zero attached hydrogens (tertiary/aromatic N) is 4. The molecule has 3 aromatic rings. The van der Waals surface area contributed by atoms with Gasteiger partial charge in [-0.3, -0.25) is 14.4 Å². The van der Waals surface area contributed by atoms with Crippen molar-refractivity contribution in [3.63, 3.8) is 0 Å². The Morgan fingerprint density at radius 1 is 1.15 bits per heavy atom. The highest BCUT2D eigenvalue weighted by Gasteiger charge is 2.25. The quantitative estimate of drug-likeness (QED) is 0.769. The third-order valence-electron chi connectivity index (χ3n) is 5.03. The van der Waals surface area contributed by atoms with E-state index in [1.54, 1.807) is 6.20 Å². The van der Waals surface area contributed by atoms with Crippen molar-refractivity contribution in [1.29, 1.82) is 0 Å². The summed E-state index contributed by atoms with van der Waals surface area (Å²) < 4.78 is 1.85. The minimum absolute atomic E-state index is 0.0341. The normalized spacial score (nSPS) is 18.1. The summed E-state index contributed by atoms with van der Waals surface area (Å²) in [5, 5.41) is 13.2. The summed E-state index contributed by atoms with van der Waals surface area (Å²) in [5.74, 6) is 0.0341. The number of anilines is 1. The highest BCUT2D eigenvalue weighted by atomic mass is 16.2. The van der Waals surface area contributed by atoms with Crippen LogP contribution in [0.25, 0.3) is 10.8 Å². The van der Waals surface area contributed by atoms with Crippen molar-refractivity contribution in [2.24, 2.45) is 0 Å². The summed E-state index contributed by atoms with van der Waals surface area (Å²) in [6.45, 7) is 2.13. The van der Waals surface area contributed by atoms with Gasteiger partial charge in [0.05, 0.1) is 19.3 Å². The van der Waals surface area contributed by atoms with E-state index in [-0.39, 0.29) is 5.91 Å². The van der Waals surface area contributed by atoms with E-state index in [4.69, 9.17) is 0 Å². The van der Waals surface area contributed by atoms with Crippen LogP contribution in [0.15, 0.2) is 54.9 Å². The Labute approximate surface area is 152 Å². The Morgan fingerprint density at radius 2 is 2.04 bits per heavy atom. The number of benzene rings is 2. The Bertz CT molecular complexity index is 872. The molecular formula is C20H23N5O. The fourth-order valence-corrected chi connectivity index (χ4v) is 3.73. The number of nitrogens with one attached hydrogen (secondary N) is 1. The van der Waals surface area contributed by atoms with E-state index in [1.165, 1.54) is 6.42 Å². The Balaban J connectivity index is 1.44. The molecule has 1 atom stereocenters. The van der Waals surface area contributed by atoms with Crippen LogP contribution in [0, 0.1) is 0 Å². The van der Waals surface area contributed by atoms with E-state index in [9.17, 15) is 4.79 Å². The fraction of sp³-hybridized carbons (Fsp3) is 0.350. The highest BCUT2D eigenvalue weighted by Crippen LogP contribution is 2.23. The zero-order chi connectivity index (χ0) is 17.8. The maximum Gasteiger partial charge on any atom is 0.238 e. The molecular weight excluding hydrogens is 326 g/mol. The average molecular weight is 349 g/mol. The topological polar surface area (TPSA) is 63.1 Å². The lowest BCUT2D eigenvalue weighted by Gasteiger charge is -2.35. The van der Waals surface area contributed by atoms with Gasteiger partial charge in [0.15, 0.2) is 0 Å². The van der Waals surface area contributed by atoms with Crippen LogP contribution in [0.2, 0.25) is 0 Å². The van der Waals surface area contributed by atoms with E-state index in [0.29, 0.717) is 12.6 Å². The van der Waals surface area contributed by atoms with Gasteiger partial charge in [0.25, 0.3) is 0 Å². The van der Waals surface area contributed by atoms with E-state index < -0.39 is 0 Å². The first-order chi connectivity index (χ1) is 12.8. The molecule has 0 aliphatic carbocycles. The second-order valence-corrected chi connectivity index (χ2v) is 6.82. The lowest BCUT2D eigenvalue weighted by molar-refractivity contribution is -0.118. The molecule has 1 saturated heterocycles. The maximum absolute atomic E-state index is 12.7. The standard InChI is InChI=1S/C20H23N5O/c26-20(22-19-10-5-7-16-6-1-2-9-18(16)19)15-24-12-4-3-8-17(24)14-25-13-11-21-23-25/h1-2,5-7,9-11,13,17H,3-4,8,12,14-15H2,(H,22,26)/t17-/m0/s1. The number of piperidine rings is 1. The molecule has 26 heavy (non-hydrogen) atoms. The summed E-state index contributed by atoms with van der Waals surface area (Å²) in [5.41, 5.74) is 0.873. The van der Waals surface area contributed by atoms with Crippen molar-refractivity contribution in [2.75, 3.05) is 18.4 Å².